The molecular formula is C18H19N7OS. The van der Waals surface area contributed by atoms with Crippen molar-refractivity contribution in [1.29, 1.82) is 0 Å². The number of benzene rings is 1. The van der Waals surface area contributed by atoms with Crippen molar-refractivity contribution in [3.05, 3.63) is 55.1 Å². The highest BCUT2D eigenvalue weighted by atomic mass is 32.2. The number of amides is 1. The van der Waals surface area contributed by atoms with Crippen molar-refractivity contribution in [2.75, 3.05) is 36.8 Å². The zero-order chi connectivity index (χ0) is 18.5. The average Bonchev–Trinajstić information content (AvgIpc) is 3.22. The second-order valence-electron chi connectivity index (χ2n) is 6.02. The van der Waals surface area contributed by atoms with Crippen LogP contribution in [-0.4, -0.2) is 67.5 Å². The largest absolute Gasteiger partial charge is 0.338 e. The van der Waals surface area contributed by atoms with Crippen molar-refractivity contribution < 1.29 is 4.79 Å². The van der Waals surface area contributed by atoms with Gasteiger partial charge in [-0.2, -0.15) is 0 Å². The molecule has 1 amide bonds. The maximum atomic E-state index is 12.6. The number of nitrogens with zero attached hydrogens (tertiary/aromatic N) is 7. The zero-order valence-corrected chi connectivity index (χ0v) is 15.5. The summed E-state index contributed by atoms with van der Waals surface area (Å²) in [6.45, 7) is 2.81. The van der Waals surface area contributed by atoms with Gasteiger partial charge in [0, 0.05) is 44.3 Å². The molecule has 1 aliphatic rings. The standard InChI is InChI=1S/C18H19N7OS/c26-16(23-9-11-24(12-10-23)17-19-7-4-8-20-17)13-27-18-22-21-14-25(18)15-5-2-1-3-6-15/h1-8,14H,9-13H2. The molecule has 9 heteroatoms. The maximum absolute atomic E-state index is 12.6. The predicted molar refractivity (Wildman–Crippen MR) is 103 cm³/mol. The highest BCUT2D eigenvalue weighted by Gasteiger charge is 2.23. The quantitative estimate of drug-likeness (QED) is 0.620. The van der Waals surface area contributed by atoms with Crippen LogP contribution in [0.5, 0.6) is 0 Å². The second kappa shape index (κ2) is 8.17. The van der Waals surface area contributed by atoms with E-state index in [2.05, 4.69) is 25.1 Å². The maximum Gasteiger partial charge on any atom is 0.233 e. The van der Waals surface area contributed by atoms with Crippen molar-refractivity contribution in [1.82, 2.24) is 29.6 Å². The lowest BCUT2D eigenvalue weighted by Gasteiger charge is -2.34. The summed E-state index contributed by atoms with van der Waals surface area (Å²) in [5.41, 5.74) is 0.980. The summed E-state index contributed by atoms with van der Waals surface area (Å²) in [4.78, 5) is 25.1. The Bertz CT molecular complexity index is 879. The Kier molecular flexibility index (Phi) is 5.29. The fraction of sp³-hybridized carbons (Fsp3) is 0.278. The second-order valence-corrected chi connectivity index (χ2v) is 6.97. The van der Waals surface area contributed by atoms with E-state index in [1.807, 2.05) is 39.8 Å². The molecule has 0 radical (unpaired) electrons. The molecule has 2 aromatic heterocycles. The van der Waals surface area contributed by atoms with E-state index in [0.29, 0.717) is 24.0 Å². The van der Waals surface area contributed by atoms with Gasteiger partial charge in [0.15, 0.2) is 5.16 Å². The van der Waals surface area contributed by atoms with Crippen LogP contribution < -0.4 is 4.90 Å². The molecular weight excluding hydrogens is 362 g/mol. The van der Waals surface area contributed by atoms with Crippen LogP contribution in [0.1, 0.15) is 0 Å². The van der Waals surface area contributed by atoms with Gasteiger partial charge in [0.1, 0.15) is 6.33 Å². The van der Waals surface area contributed by atoms with Gasteiger partial charge in [0.05, 0.1) is 5.75 Å². The molecule has 0 bridgehead atoms. The predicted octanol–water partition coefficient (Wildman–Crippen LogP) is 1.50. The highest BCUT2D eigenvalue weighted by molar-refractivity contribution is 7.99. The van der Waals surface area contributed by atoms with E-state index >= 15 is 0 Å². The van der Waals surface area contributed by atoms with Crippen LogP contribution in [0.15, 0.2) is 60.3 Å². The SMILES string of the molecule is O=C(CSc1nncn1-c1ccccc1)N1CCN(c2ncccn2)CC1. The lowest BCUT2D eigenvalue weighted by Crippen LogP contribution is -2.49. The summed E-state index contributed by atoms with van der Waals surface area (Å²) in [7, 11) is 0. The summed E-state index contributed by atoms with van der Waals surface area (Å²) in [6.07, 6.45) is 5.14. The van der Waals surface area contributed by atoms with E-state index in [0.717, 1.165) is 24.7 Å². The van der Waals surface area contributed by atoms with E-state index in [4.69, 9.17) is 0 Å². The number of para-hydroxylation sites is 1. The molecule has 1 fully saturated rings. The minimum Gasteiger partial charge on any atom is -0.338 e. The number of carbonyl (C=O) groups is 1. The summed E-state index contributed by atoms with van der Waals surface area (Å²) >= 11 is 1.41. The van der Waals surface area contributed by atoms with Crippen molar-refractivity contribution >= 4 is 23.6 Å². The number of aromatic nitrogens is 5. The fourth-order valence-corrected chi connectivity index (χ4v) is 3.75. The minimum atomic E-state index is 0.108. The number of thioether (sulfide) groups is 1. The summed E-state index contributed by atoms with van der Waals surface area (Å²) < 4.78 is 1.89. The van der Waals surface area contributed by atoms with Gasteiger partial charge in [-0.25, -0.2) is 9.97 Å². The van der Waals surface area contributed by atoms with E-state index < -0.39 is 0 Å². The Morgan fingerprint density at radius 3 is 2.48 bits per heavy atom. The summed E-state index contributed by atoms with van der Waals surface area (Å²) in [6, 6.07) is 11.7. The number of anilines is 1. The van der Waals surface area contributed by atoms with E-state index in [1.54, 1.807) is 24.8 Å². The Balaban J connectivity index is 1.32. The average molecular weight is 381 g/mol. The van der Waals surface area contributed by atoms with Gasteiger partial charge in [-0.1, -0.05) is 30.0 Å². The van der Waals surface area contributed by atoms with Crippen molar-refractivity contribution in [2.45, 2.75) is 5.16 Å². The highest BCUT2D eigenvalue weighted by Crippen LogP contribution is 2.20. The third kappa shape index (κ3) is 4.08. The fourth-order valence-electron chi connectivity index (χ4n) is 2.92. The third-order valence-corrected chi connectivity index (χ3v) is 5.27. The minimum absolute atomic E-state index is 0.108. The van der Waals surface area contributed by atoms with Gasteiger partial charge in [0.25, 0.3) is 0 Å². The van der Waals surface area contributed by atoms with E-state index in [1.165, 1.54) is 11.8 Å². The molecule has 138 valence electrons. The molecule has 8 nitrogen and oxygen atoms in total. The first kappa shape index (κ1) is 17.5. The number of piperazine rings is 1. The van der Waals surface area contributed by atoms with Crippen molar-refractivity contribution in [2.24, 2.45) is 0 Å². The molecule has 0 saturated carbocycles. The molecule has 0 atom stereocenters. The smallest absolute Gasteiger partial charge is 0.233 e. The first-order chi connectivity index (χ1) is 13.3. The molecule has 1 aliphatic heterocycles. The van der Waals surface area contributed by atoms with Crippen LogP contribution >= 0.6 is 11.8 Å². The van der Waals surface area contributed by atoms with Crippen LogP contribution in [0.25, 0.3) is 5.69 Å². The molecule has 0 aliphatic carbocycles. The lowest BCUT2D eigenvalue weighted by molar-refractivity contribution is -0.128. The van der Waals surface area contributed by atoms with Gasteiger partial charge < -0.3 is 9.80 Å². The van der Waals surface area contributed by atoms with Gasteiger partial charge in [-0.3, -0.25) is 9.36 Å². The molecule has 1 aromatic carbocycles. The number of rotatable bonds is 5. The Hall–Kier alpha value is -2.94. The Morgan fingerprint density at radius 2 is 1.74 bits per heavy atom. The zero-order valence-electron chi connectivity index (χ0n) is 14.7. The number of hydrogen-bond acceptors (Lipinski definition) is 7. The monoisotopic (exact) mass is 381 g/mol. The lowest BCUT2D eigenvalue weighted by atomic mass is 10.3. The van der Waals surface area contributed by atoms with Crippen LogP contribution in [0.4, 0.5) is 5.95 Å². The first-order valence-electron chi connectivity index (χ1n) is 8.69. The molecule has 1 saturated heterocycles. The normalized spacial score (nSPS) is 14.4. The number of hydrogen-bond donors (Lipinski definition) is 0. The van der Waals surface area contributed by atoms with Crippen LogP contribution in [0.3, 0.4) is 0 Å². The van der Waals surface area contributed by atoms with Crippen molar-refractivity contribution in [3.63, 3.8) is 0 Å². The van der Waals surface area contributed by atoms with E-state index in [9.17, 15) is 4.79 Å². The molecule has 4 rings (SSSR count). The molecule has 0 spiro atoms. The summed E-state index contributed by atoms with van der Waals surface area (Å²) in [5, 5.41) is 8.83. The molecule has 27 heavy (non-hydrogen) atoms. The van der Waals surface area contributed by atoms with Gasteiger partial charge >= 0.3 is 0 Å². The molecule has 3 aromatic rings. The first-order valence-corrected chi connectivity index (χ1v) is 9.68. The molecule has 0 unspecified atom stereocenters. The third-order valence-electron chi connectivity index (χ3n) is 4.34. The van der Waals surface area contributed by atoms with Crippen LogP contribution in [0, 0.1) is 0 Å². The van der Waals surface area contributed by atoms with Crippen molar-refractivity contribution in [3.8, 4) is 5.69 Å². The Labute approximate surface area is 161 Å². The van der Waals surface area contributed by atoms with Gasteiger partial charge in [-0.15, -0.1) is 10.2 Å². The molecule has 0 N–H and O–H groups in total. The van der Waals surface area contributed by atoms with Crippen LogP contribution in [0.2, 0.25) is 0 Å². The molecule has 3 heterocycles. The van der Waals surface area contributed by atoms with E-state index in [-0.39, 0.29) is 5.91 Å². The summed E-state index contributed by atoms with van der Waals surface area (Å²) in [5.74, 6) is 1.17. The van der Waals surface area contributed by atoms with Crippen LogP contribution in [-0.2, 0) is 4.79 Å². The topological polar surface area (TPSA) is 80.0 Å². The number of carbonyl (C=O) groups excluding carboxylic acids is 1. The van der Waals surface area contributed by atoms with Gasteiger partial charge in [-0.05, 0) is 18.2 Å². The van der Waals surface area contributed by atoms with Gasteiger partial charge in [0.2, 0.25) is 11.9 Å². The Morgan fingerprint density at radius 1 is 1.00 bits per heavy atom.